The Balaban J connectivity index is 1.09. The third-order valence-electron chi connectivity index (χ3n) is 11.8. The fraction of sp³-hybridized carbons (Fsp3) is 0.0741. The van der Waals surface area contributed by atoms with Gasteiger partial charge in [-0.15, -0.1) is 0 Å². The summed E-state index contributed by atoms with van der Waals surface area (Å²) in [4.78, 5) is 0. The third kappa shape index (κ3) is 5.15. The van der Waals surface area contributed by atoms with Crippen molar-refractivity contribution in [2.75, 3.05) is 0 Å². The molecule has 0 saturated carbocycles. The molecule has 0 N–H and O–H groups in total. The summed E-state index contributed by atoms with van der Waals surface area (Å²) in [5.41, 5.74) is 15.1. The van der Waals surface area contributed by atoms with E-state index in [9.17, 15) is 0 Å². The lowest BCUT2D eigenvalue weighted by Crippen LogP contribution is -2.10. The summed E-state index contributed by atoms with van der Waals surface area (Å²) in [5.74, 6) is 0. The fourth-order valence-corrected chi connectivity index (χ4v) is 8.79. The van der Waals surface area contributed by atoms with Gasteiger partial charge in [0.2, 0.25) is 0 Å². The molecule has 0 atom stereocenters. The monoisotopic (exact) mass is 701 g/mol. The molecule has 0 aliphatic rings. The molecular formula is C54H39N. The van der Waals surface area contributed by atoms with Crippen molar-refractivity contribution >= 4 is 59.6 Å². The second kappa shape index (κ2) is 11.9. The van der Waals surface area contributed by atoms with Gasteiger partial charge in [-0.25, -0.2) is 0 Å². The Bertz CT molecular complexity index is 3020. The number of rotatable bonds is 4. The maximum absolute atomic E-state index is 2.54. The van der Waals surface area contributed by atoms with Crippen molar-refractivity contribution in [3.63, 3.8) is 0 Å². The topological polar surface area (TPSA) is 4.41 Å². The minimum atomic E-state index is 0.0193. The predicted octanol–water partition coefficient (Wildman–Crippen LogP) is 15.1. The van der Waals surface area contributed by atoms with Crippen LogP contribution in [0.25, 0.3) is 104 Å². The van der Waals surface area contributed by atoms with Crippen molar-refractivity contribution < 1.29 is 0 Å². The first-order valence-electron chi connectivity index (χ1n) is 19.3. The van der Waals surface area contributed by atoms with Crippen LogP contribution in [0.4, 0.5) is 0 Å². The van der Waals surface area contributed by atoms with E-state index in [0.717, 1.165) is 0 Å². The smallest absolute Gasteiger partial charge is 0.0620 e. The first-order chi connectivity index (χ1) is 26.9. The lowest BCUT2D eigenvalue weighted by molar-refractivity contribution is 0.592. The van der Waals surface area contributed by atoms with Gasteiger partial charge in [-0.3, -0.25) is 0 Å². The Morgan fingerprint density at radius 2 is 0.673 bits per heavy atom. The van der Waals surface area contributed by atoms with Crippen molar-refractivity contribution in [3.05, 3.63) is 188 Å². The summed E-state index contributed by atoms with van der Waals surface area (Å²) in [6, 6.07) is 67.6. The molecule has 0 bridgehead atoms. The molecule has 0 unspecified atom stereocenters. The molecule has 260 valence electrons. The van der Waals surface area contributed by atoms with Crippen LogP contribution in [0, 0.1) is 0 Å². The van der Waals surface area contributed by atoms with Crippen LogP contribution >= 0.6 is 0 Å². The van der Waals surface area contributed by atoms with Gasteiger partial charge in [-0.2, -0.15) is 0 Å². The molecule has 0 radical (unpaired) electrons. The van der Waals surface area contributed by atoms with E-state index in [0.29, 0.717) is 0 Å². The van der Waals surface area contributed by atoms with Gasteiger partial charge in [-0.05, 0) is 126 Å². The second-order valence-corrected chi connectivity index (χ2v) is 16.3. The molecular weight excluding hydrogens is 663 g/mol. The van der Waals surface area contributed by atoms with Crippen molar-refractivity contribution in [1.82, 2.24) is 4.40 Å². The van der Waals surface area contributed by atoms with E-state index >= 15 is 0 Å². The number of hydrogen-bond acceptors (Lipinski definition) is 0. The zero-order valence-electron chi connectivity index (χ0n) is 31.3. The van der Waals surface area contributed by atoms with Crippen molar-refractivity contribution in [2.24, 2.45) is 0 Å². The van der Waals surface area contributed by atoms with E-state index in [4.69, 9.17) is 0 Å². The molecule has 0 aliphatic carbocycles. The standard InChI is InChI=1S/C54H39N/c1-54(2,3)46-32-49-47-28-42-24-22-40(38-18-14-36(15-19-38)34-10-6-4-7-11-34)26-44(42)30-51(47)55-52-31-45-27-41(23-25-43(45)29-48(52)50(33-46)53(49)55)39-20-16-37(17-21-39)35-12-8-5-9-13-35/h4-33H,1-3H3. The zero-order chi connectivity index (χ0) is 36.8. The Labute approximate surface area is 321 Å². The minimum Gasteiger partial charge on any atom is -0.308 e. The Morgan fingerprint density at radius 3 is 1.07 bits per heavy atom. The van der Waals surface area contributed by atoms with E-state index in [2.05, 4.69) is 207 Å². The normalized spacial score (nSPS) is 12.3. The Kier molecular flexibility index (Phi) is 6.88. The molecule has 1 nitrogen and oxygen atoms in total. The van der Waals surface area contributed by atoms with Crippen LogP contribution in [0.5, 0.6) is 0 Å². The molecule has 11 aromatic rings. The van der Waals surface area contributed by atoms with Crippen LogP contribution in [-0.4, -0.2) is 4.40 Å². The summed E-state index contributed by atoms with van der Waals surface area (Å²) in [7, 11) is 0. The summed E-state index contributed by atoms with van der Waals surface area (Å²) < 4.78 is 2.54. The van der Waals surface area contributed by atoms with Gasteiger partial charge in [0.15, 0.2) is 0 Å². The van der Waals surface area contributed by atoms with Gasteiger partial charge in [-0.1, -0.05) is 154 Å². The largest absolute Gasteiger partial charge is 0.308 e. The number of nitrogens with zero attached hydrogens (tertiary/aromatic N) is 1. The first kappa shape index (κ1) is 31.8. The highest BCUT2D eigenvalue weighted by molar-refractivity contribution is 6.26. The molecule has 55 heavy (non-hydrogen) atoms. The molecule has 2 heterocycles. The van der Waals surface area contributed by atoms with Crippen LogP contribution in [-0.2, 0) is 5.41 Å². The van der Waals surface area contributed by atoms with E-state index in [-0.39, 0.29) is 5.41 Å². The molecule has 0 aliphatic heterocycles. The van der Waals surface area contributed by atoms with Crippen LogP contribution in [0.15, 0.2) is 182 Å². The highest BCUT2D eigenvalue weighted by Crippen LogP contribution is 2.44. The number of fused-ring (bicyclic) bond motifs is 8. The van der Waals surface area contributed by atoms with Crippen LogP contribution < -0.4 is 0 Å². The third-order valence-corrected chi connectivity index (χ3v) is 11.8. The molecule has 0 spiro atoms. The van der Waals surface area contributed by atoms with E-state index in [1.165, 1.54) is 110 Å². The van der Waals surface area contributed by atoms with Gasteiger partial charge in [0.1, 0.15) is 0 Å². The molecule has 0 fully saturated rings. The van der Waals surface area contributed by atoms with Gasteiger partial charge >= 0.3 is 0 Å². The Morgan fingerprint density at radius 1 is 0.309 bits per heavy atom. The number of hydrogen-bond donors (Lipinski definition) is 0. The van der Waals surface area contributed by atoms with Crippen molar-refractivity contribution in [1.29, 1.82) is 0 Å². The molecule has 0 amide bonds. The van der Waals surface area contributed by atoms with Crippen molar-refractivity contribution in [2.45, 2.75) is 26.2 Å². The summed E-state index contributed by atoms with van der Waals surface area (Å²) in [6.07, 6.45) is 0. The Hall–Kier alpha value is -6.70. The summed E-state index contributed by atoms with van der Waals surface area (Å²) in [6.45, 7) is 6.98. The quantitative estimate of drug-likeness (QED) is 0.172. The van der Waals surface area contributed by atoms with Gasteiger partial charge in [0.05, 0.1) is 16.6 Å². The average Bonchev–Trinajstić information content (AvgIpc) is 3.72. The maximum atomic E-state index is 2.54. The van der Waals surface area contributed by atoms with Crippen LogP contribution in [0.1, 0.15) is 26.3 Å². The second-order valence-electron chi connectivity index (χ2n) is 16.3. The molecule has 0 saturated heterocycles. The predicted molar refractivity (Wildman–Crippen MR) is 237 cm³/mol. The maximum Gasteiger partial charge on any atom is 0.0620 e. The highest BCUT2D eigenvalue weighted by Gasteiger charge is 2.23. The molecule has 9 aromatic carbocycles. The lowest BCUT2D eigenvalue weighted by Gasteiger charge is -2.19. The molecule has 2 aromatic heterocycles. The summed E-state index contributed by atoms with van der Waals surface area (Å²) in [5, 5.41) is 10.3. The first-order valence-corrected chi connectivity index (χ1v) is 19.3. The number of aromatic nitrogens is 1. The molecule has 1 heteroatoms. The van der Waals surface area contributed by atoms with E-state index < -0.39 is 0 Å². The van der Waals surface area contributed by atoms with Gasteiger partial charge < -0.3 is 4.40 Å². The van der Waals surface area contributed by atoms with Crippen LogP contribution in [0.3, 0.4) is 0 Å². The zero-order valence-corrected chi connectivity index (χ0v) is 31.3. The molecule has 11 rings (SSSR count). The van der Waals surface area contributed by atoms with Crippen molar-refractivity contribution in [3.8, 4) is 44.5 Å². The summed E-state index contributed by atoms with van der Waals surface area (Å²) >= 11 is 0. The van der Waals surface area contributed by atoms with Crippen LogP contribution in [0.2, 0.25) is 0 Å². The fourth-order valence-electron chi connectivity index (χ4n) is 8.79. The number of benzene rings is 9. The highest BCUT2D eigenvalue weighted by atomic mass is 14.9. The van der Waals surface area contributed by atoms with Gasteiger partial charge in [0, 0.05) is 21.5 Å². The SMILES string of the molecule is CC(C)(C)c1cc2c3cc4ccc(-c5ccc(-c6ccccc6)cc5)cc4cc3n3c4cc5cc(-c6ccc(-c7ccccc7)cc6)ccc5cc4c(c1)c23. The van der Waals surface area contributed by atoms with E-state index in [1.54, 1.807) is 0 Å². The minimum absolute atomic E-state index is 0.0193. The van der Waals surface area contributed by atoms with Gasteiger partial charge in [0.25, 0.3) is 0 Å². The lowest BCUT2D eigenvalue weighted by atomic mass is 9.85. The van der Waals surface area contributed by atoms with E-state index in [1.807, 2.05) is 0 Å². The average molecular weight is 702 g/mol.